The Morgan fingerprint density at radius 3 is 2.44 bits per heavy atom. The fourth-order valence-electron chi connectivity index (χ4n) is 1.59. The van der Waals surface area contributed by atoms with Crippen LogP contribution in [0.1, 0.15) is 19.4 Å². The topological polar surface area (TPSA) is 48.9 Å². The van der Waals surface area contributed by atoms with Crippen LogP contribution in [0.25, 0.3) is 11.3 Å². The largest absolute Gasteiger partial charge is 0.386 e. The van der Waals surface area contributed by atoms with Crippen molar-refractivity contribution >= 4 is 0 Å². The maximum atomic E-state index is 12.8. The van der Waals surface area contributed by atoms with Crippen molar-refractivity contribution in [3.05, 3.63) is 41.8 Å². The summed E-state index contributed by atoms with van der Waals surface area (Å²) >= 11 is 0. The molecule has 0 atom stereocenters. The van der Waals surface area contributed by atoms with Crippen LogP contribution in [0.2, 0.25) is 0 Å². The highest BCUT2D eigenvalue weighted by Crippen LogP contribution is 2.29. The zero-order valence-electron chi connectivity index (χ0n) is 9.16. The molecule has 2 N–H and O–H groups in total. The van der Waals surface area contributed by atoms with E-state index >= 15 is 0 Å². The van der Waals surface area contributed by atoms with Gasteiger partial charge < -0.3 is 5.11 Å². The maximum Gasteiger partial charge on any atom is 0.123 e. The van der Waals surface area contributed by atoms with Gasteiger partial charge in [0.25, 0.3) is 0 Å². The van der Waals surface area contributed by atoms with Gasteiger partial charge in [-0.15, -0.1) is 0 Å². The number of aromatic amines is 1. The molecular formula is C12H13FN2O. The van der Waals surface area contributed by atoms with Crippen LogP contribution >= 0.6 is 0 Å². The Balaban J connectivity index is 2.49. The average Bonchev–Trinajstić information content (AvgIpc) is 2.66. The molecule has 1 aromatic heterocycles. The molecule has 0 saturated carbocycles. The summed E-state index contributed by atoms with van der Waals surface area (Å²) < 4.78 is 12.8. The number of hydrogen-bond acceptors (Lipinski definition) is 2. The lowest BCUT2D eigenvalue weighted by Crippen LogP contribution is -2.15. The summed E-state index contributed by atoms with van der Waals surface area (Å²) in [6.07, 6.45) is 1.58. The van der Waals surface area contributed by atoms with Crippen LogP contribution in [0.5, 0.6) is 0 Å². The Bertz CT molecular complexity index is 482. The molecule has 84 valence electrons. The Kier molecular flexibility index (Phi) is 2.52. The zero-order valence-corrected chi connectivity index (χ0v) is 9.16. The van der Waals surface area contributed by atoms with Gasteiger partial charge in [0, 0.05) is 11.1 Å². The number of aliphatic hydroxyl groups is 1. The molecule has 1 heterocycles. The molecule has 0 aliphatic rings. The van der Waals surface area contributed by atoms with Gasteiger partial charge in [0.05, 0.1) is 17.5 Å². The summed E-state index contributed by atoms with van der Waals surface area (Å²) in [5.74, 6) is -0.284. The number of nitrogens with zero attached hydrogens (tertiary/aromatic N) is 1. The normalized spacial score (nSPS) is 11.8. The molecule has 0 saturated heterocycles. The average molecular weight is 220 g/mol. The first-order valence-corrected chi connectivity index (χ1v) is 5.00. The summed E-state index contributed by atoms with van der Waals surface area (Å²) in [5, 5.41) is 16.7. The van der Waals surface area contributed by atoms with E-state index in [0.717, 1.165) is 5.56 Å². The van der Waals surface area contributed by atoms with Gasteiger partial charge >= 0.3 is 0 Å². The highest BCUT2D eigenvalue weighted by molar-refractivity contribution is 5.63. The molecule has 4 heteroatoms. The van der Waals surface area contributed by atoms with E-state index < -0.39 is 5.60 Å². The van der Waals surface area contributed by atoms with Crippen molar-refractivity contribution in [3.63, 3.8) is 0 Å². The highest BCUT2D eigenvalue weighted by atomic mass is 19.1. The van der Waals surface area contributed by atoms with E-state index in [4.69, 9.17) is 0 Å². The standard InChI is InChI=1S/C12H13FN2O/c1-12(2,16)10-7-14-15-11(10)8-3-5-9(13)6-4-8/h3-7,16H,1-2H3,(H,14,15). The second kappa shape index (κ2) is 3.72. The summed E-state index contributed by atoms with van der Waals surface area (Å²) in [6, 6.07) is 6.06. The predicted octanol–water partition coefficient (Wildman–Crippen LogP) is 2.44. The molecule has 0 aliphatic carbocycles. The minimum atomic E-state index is -0.975. The Labute approximate surface area is 92.9 Å². The number of halogens is 1. The van der Waals surface area contributed by atoms with Gasteiger partial charge in [0.2, 0.25) is 0 Å². The van der Waals surface area contributed by atoms with Crippen molar-refractivity contribution in [3.8, 4) is 11.3 Å². The first kappa shape index (κ1) is 10.8. The third-order valence-corrected chi connectivity index (χ3v) is 2.43. The maximum absolute atomic E-state index is 12.8. The molecule has 0 bridgehead atoms. The second-order valence-electron chi connectivity index (χ2n) is 4.22. The van der Waals surface area contributed by atoms with E-state index in [1.807, 2.05) is 0 Å². The van der Waals surface area contributed by atoms with Crippen molar-refractivity contribution in [2.75, 3.05) is 0 Å². The number of rotatable bonds is 2. The van der Waals surface area contributed by atoms with Crippen molar-refractivity contribution in [2.24, 2.45) is 0 Å². The third-order valence-electron chi connectivity index (χ3n) is 2.43. The lowest BCUT2D eigenvalue weighted by Gasteiger charge is -2.17. The van der Waals surface area contributed by atoms with Crippen molar-refractivity contribution in [2.45, 2.75) is 19.4 Å². The van der Waals surface area contributed by atoms with Crippen LogP contribution in [-0.4, -0.2) is 15.3 Å². The Morgan fingerprint density at radius 1 is 1.25 bits per heavy atom. The van der Waals surface area contributed by atoms with Gasteiger partial charge in [-0.2, -0.15) is 5.10 Å². The molecule has 0 spiro atoms. The first-order valence-electron chi connectivity index (χ1n) is 5.00. The summed E-state index contributed by atoms with van der Waals surface area (Å²) in [7, 11) is 0. The van der Waals surface area contributed by atoms with E-state index in [9.17, 15) is 9.50 Å². The van der Waals surface area contributed by atoms with E-state index in [1.54, 1.807) is 32.2 Å². The molecule has 16 heavy (non-hydrogen) atoms. The van der Waals surface area contributed by atoms with E-state index in [2.05, 4.69) is 10.2 Å². The number of benzene rings is 1. The minimum Gasteiger partial charge on any atom is -0.386 e. The quantitative estimate of drug-likeness (QED) is 0.816. The predicted molar refractivity (Wildman–Crippen MR) is 59.2 cm³/mol. The Morgan fingerprint density at radius 2 is 1.88 bits per heavy atom. The van der Waals surface area contributed by atoms with Crippen LogP contribution in [0.4, 0.5) is 4.39 Å². The SMILES string of the molecule is CC(C)(O)c1cn[nH]c1-c1ccc(F)cc1. The third kappa shape index (κ3) is 1.97. The minimum absolute atomic E-state index is 0.284. The molecule has 2 aromatic rings. The van der Waals surface area contributed by atoms with Crippen LogP contribution in [-0.2, 0) is 5.60 Å². The molecular weight excluding hydrogens is 207 g/mol. The lowest BCUT2D eigenvalue weighted by molar-refractivity contribution is 0.0792. The molecule has 0 fully saturated rings. The van der Waals surface area contributed by atoms with Crippen LogP contribution in [0, 0.1) is 5.82 Å². The van der Waals surface area contributed by atoms with Crippen LogP contribution < -0.4 is 0 Å². The highest BCUT2D eigenvalue weighted by Gasteiger charge is 2.22. The van der Waals surface area contributed by atoms with Gasteiger partial charge in [-0.1, -0.05) is 0 Å². The summed E-state index contributed by atoms with van der Waals surface area (Å²) in [6.45, 7) is 3.37. The number of hydrogen-bond donors (Lipinski definition) is 2. The van der Waals surface area contributed by atoms with E-state index in [-0.39, 0.29) is 5.82 Å². The van der Waals surface area contributed by atoms with Crippen LogP contribution in [0.15, 0.2) is 30.5 Å². The Hall–Kier alpha value is -1.68. The zero-order chi connectivity index (χ0) is 11.8. The number of aromatic nitrogens is 2. The van der Waals surface area contributed by atoms with Gasteiger partial charge in [-0.05, 0) is 38.1 Å². The van der Waals surface area contributed by atoms with Crippen molar-refractivity contribution < 1.29 is 9.50 Å². The second-order valence-corrected chi connectivity index (χ2v) is 4.22. The molecule has 2 rings (SSSR count). The summed E-state index contributed by atoms with van der Waals surface area (Å²) in [5.41, 5.74) is 1.24. The van der Waals surface area contributed by atoms with E-state index in [0.29, 0.717) is 11.3 Å². The molecule has 0 radical (unpaired) electrons. The molecule has 0 aliphatic heterocycles. The fraction of sp³-hybridized carbons (Fsp3) is 0.250. The smallest absolute Gasteiger partial charge is 0.123 e. The number of H-pyrrole nitrogens is 1. The molecule has 0 amide bonds. The van der Waals surface area contributed by atoms with Crippen molar-refractivity contribution in [1.82, 2.24) is 10.2 Å². The fourth-order valence-corrected chi connectivity index (χ4v) is 1.59. The van der Waals surface area contributed by atoms with Gasteiger partial charge in [-0.25, -0.2) is 4.39 Å². The summed E-state index contributed by atoms with van der Waals surface area (Å²) in [4.78, 5) is 0. The monoisotopic (exact) mass is 220 g/mol. The van der Waals surface area contributed by atoms with E-state index in [1.165, 1.54) is 12.1 Å². The van der Waals surface area contributed by atoms with Crippen LogP contribution in [0.3, 0.4) is 0 Å². The lowest BCUT2D eigenvalue weighted by atomic mass is 9.96. The van der Waals surface area contributed by atoms with Gasteiger partial charge in [0.15, 0.2) is 0 Å². The molecule has 1 aromatic carbocycles. The first-order chi connectivity index (χ1) is 7.48. The number of nitrogens with one attached hydrogen (secondary N) is 1. The molecule has 3 nitrogen and oxygen atoms in total. The molecule has 0 unspecified atom stereocenters. The van der Waals surface area contributed by atoms with Gasteiger partial charge in [0.1, 0.15) is 5.82 Å². The van der Waals surface area contributed by atoms with Gasteiger partial charge in [-0.3, -0.25) is 5.10 Å². The van der Waals surface area contributed by atoms with Crippen molar-refractivity contribution in [1.29, 1.82) is 0 Å².